The average molecular weight is 411 g/mol. The van der Waals surface area contributed by atoms with E-state index < -0.39 is 11.8 Å². The first-order valence-electron chi connectivity index (χ1n) is 6.73. The molecular weight excluding hydrogens is 398 g/mol. The Labute approximate surface area is 152 Å². The van der Waals surface area contributed by atoms with Crippen LogP contribution in [0, 0.1) is 0 Å². The summed E-state index contributed by atoms with van der Waals surface area (Å²) in [5.74, 6) is -1.21. The Bertz CT molecular complexity index is 796. The number of rotatable bonds is 4. The number of nitrogens with one attached hydrogen (secondary N) is 2. The number of methoxy groups -OCH3 is 1. The van der Waals surface area contributed by atoms with Gasteiger partial charge in [-0.15, -0.1) is 0 Å². The van der Waals surface area contributed by atoms with Crippen molar-refractivity contribution >= 4 is 51.2 Å². The number of ether oxygens (including phenoxy) is 1. The second-order valence-electron chi connectivity index (χ2n) is 4.52. The second-order valence-corrected chi connectivity index (χ2v) is 5.84. The maximum atomic E-state index is 11.8. The van der Waals surface area contributed by atoms with Gasteiger partial charge < -0.3 is 10.1 Å². The van der Waals surface area contributed by atoms with Crippen molar-refractivity contribution in [3.63, 3.8) is 0 Å². The third kappa shape index (κ3) is 4.81. The predicted molar refractivity (Wildman–Crippen MR) is 96.5 cm³/mol. The zero-order valence-corrected chi connectivity index (χ0v) is 14.9. The van der Waals surface area contributed by atoms with E-state index in [1.807, 2.05) is 6.07 Å². The number of para-hydroxylation sites is 1. The van der Waals surface area contributed by atoms with Crippen LogP contribution in [0.5, 0.6) is 5.75 Å². The molecule has 0 unspecified atom stereocenters. The zero-order chi connectivity index (χ0) is 17.5. The molecule has 0 aliphatic carbocycles. The monoisotopic (exact) mass is 409 g/mol. The summed E-state index contributed by atoms with van der Waals surface area (Å²) in [6, 6.07) is 11.9. The lowest BCUT2D eigenvalue weighted by Crippen LogP contribution is -2.32. The Balaban J connectivity index is 1.99. The van der Waals surface area contributed by atoms with E-state index in [-0.39, 0.29) is 0 Å². The fraction of sp³-hybridized carbons (Fsp3) is 0.0625. The van der Waals surface area contributed by atoms with Crippen LogP contribution in [0.1, 0.15) is 5.56 Å². The Morgan fingerprint density at radius 2 is 1.96 bits per heavy atom. The van der Waals surface area contributed by atoms with E-state index in [9.17, 15) is 9.59 Å². The van der Waals surface area contributed by atoms with E-state index in [0.29, 0.717) is 22.0 Å². The van der Waals surface area contributed by atoms with Crippen molar-refractivity contribution in [2.24, 2.45) is 5.10 Å². The second kappa shape index (κ2) is 8.47. The van der Waals surface area contributed by atoms with Crippen LogP contribution in [0.4, 0.5) is 5.69 Å². The van der Waals surface area contributed by atoms with Crippen molar-refractivity contribution in [2.75, 3.05) is 12.4 Å². The molecule has 2 N–H and O–H groups in total. The van der Waals surface area contributed by atoms with Crippen LogP contribution in [0.25, 0.3) is 0 Å². The molecule has 0 aromatic heterocycles. The Hall–Kier alpha value is -2.38. The quantitative estimate of drug-likeness (QED) is 0.461. The molecular formula is C16H13BrClN3O3. The van der Waals surface area contributed by atoms with Crippen LogP contribution in [0.3, 0.4) is 0 Å². The molecule has 0 aliphatic rings. The molecule has 0 saturated carbocycles. The number of hydrogen-bond donors (Lipinski definition) is 2. The van der Waals surface area contributed by atoms with Crippen molar-refractivity contribution in [1.82, 2.24) is 5.43 Å². The van der Waals surface area contributed by atoms with E-state index in [0.717, 1.165) is 4.47 Å². The molecule has 0 heterocycles. The molecule has 0 bridgehead atoms. The van der Waals surface area contributed by atoms with Gasteiger partial charge in [-0.2, -0.15) is 5.10 Å². The smallest absolute Gasteiger partial charge is 0.329 e. The van der Waals surface area contributed by atoms with Gasteiger partial charge in [0.15, 0.2) is 0 Å². The van der Waals surface area contributed by atoms with E-state index in [1.165, 1.54) is 13.3 Å². The van der Waals surface area contributed by atoms with Gasteiger partial charge in [-0.3, -0.25) is 9.59 Å². The van der Waals surface area contributed by atoms with Crippen LogP contribution in [0.15, 0.2) is 52.0 Å². The molecule has 0 fully saturated rings. The van der Waals surface area contributed by atoms with Crippen molar-refractivity contribution in [3.05, 3.63) is 57.5 Å². The molecule has 0 saturated heterocycles. The molecule has 2 rings (SSSR count). The Morgan fingerprint density at radius 3 is 2.67 bits per heavy atom. The van der Waals surface area contributed by atoms with Crippen molar-refractivity contribution in [3.8, 4) is 5.75 Å². The summed E-state index contributed by atoms with van der Waals surface area (Å²) in [5.41, 5.74) is 3.13. The predicted octanol–water partition coefficient (Wildman–Crippen LogP) is 3.20. The Morgan fingerprint density at radius 1 is 1.21 bits per heavy atom. The number of benzene rings is 2. The third-order valence-corrected chi connectivity index (χ3v) is 3.71. The van der Waals surface area contributed by atoms with Crippen LogP contribution in [0.2, 0.25) is 5.02 Å². The highest BCUT2D eigenvalue weighted by Gasteiger charge is 2.14. The van der Waals surface area contributed by atoms with Crippen molar-refractivity contribution < 1.29 is 14.3 Å². The van der Waals surface area contributed by atoms with E-state index in [2.05, 4.69) is 31.8 Å². The van der Waals surface area contributed by atoms with Crippen LogP contribution in [-0.2, 0) is 9.59 Å². The van der Waals surface area contributed by atoms with Gasteiger partial charge in [0, 0.05) is 10.0 Å². The number of nitrogens with zero attached hydrogens (tertiary/aromatic N) is 1. The van der Waals surface area contributed by atoms with Gasteiger partial charge >= 0.3 is 11.8 Å². The van der Waals surface area contributed by atoms with Crippen LogP contribution in [-0.4, -0.2) is 25.1 Å². The fourth-order valence-corrected chi connectivity index (χ4v) is 2.32. The lowest BCUT2D eigenvalue weighted by Gasteiger charge is -2.06. The number of halogens is 2. The molecule has 0 aliphatic heterocycles. The minimum absolute atomic E-state index is 0.334. The number of amides is 2. The molecule has 0 atom stereocenters. The first-order valence-corrected chi connectivity index (χ1v) is 7.91. The first kappa shape index (κ1) is 18.0. The molecule has 24 heavy (non-hydrogen) atoms. The standard InChI is InChI=1S/C16H13BrClN3O3/c1-24-14-7-6-11(17)8-10(14)9-19-21-16(23)15(22)20-13-5-3-2-4-12(13)18/h2-9H,1H3,(H,20,22)(H,21,23)/b19-9-. The van der Waals surface area contributed by atoms with Crippen molar-refractivity contribution in [1.29, 1.82) is 0 Å². The topological polar surface area (TPSA) is 79.8 Å². The summed E-state index contributed by atoms with van der Waals surface area (Å²) in [5, 5.41) is 6.49. The number of carbonyl (C=O) groups is 2. The molecule has 124 valence electrons. The minimum Gasteiger partial charge on any atom is -0.496 e. The maximum absolute atomic E-state index is 11.8. The molecule has 0 radical (unpaired) electrons. The highest BCUT2D eigenvalue weighted by molar-refractivity contribution is 9.10. The van der Waals surface area contributed by atoms with Crippen LogP contribution >= 0.6 is 27.5 Å². The summed E-state index contributed by atoms with van der Waals surface area (Å²) in [6.45, 7) is 0. The first-order chi connectivity index (χ1) is 11.5. The summed E-state index contributed by atoms with van der Waals surface area (Å²) in [7, 11) is 1.52. The molecule has 2 aromatic carbocycles. The lowest BCUT2D eigenvalue weighted by molar-refractivity contribution is -0.136. The average Bonchev–Trinajstić information content (AvgIpc) is 2.57. The highest BCUT2D eigenvalue weighted by atomic mass is 79.9. The summed E-state index contributed by atoms with van der Waals surface area (Å²) in [6.07, 6.45) is 1.38. The van der Waals surface area contributed by atoms with Gasteiger partial charge in [-0.25, -0.2) is 5.43 Å². The summed E-state index contributed by atoms with van der Waals surface area (Å²) in [4.78, 5) is 23.5. The molecule has 2 aromatic rings. The molecule has 8 heteroatoms. The van der Waals surface area contributed by atoms with E-state index >= 15 is 0 Å². The number of hydrogen-bond acceptors (Lipinski definition) is 4. The third-order valence-electron chi connectivity index (χ3n) is 2.89. The lowest BCUT2D eigenvalue weighted by atomic mass is 10.2. The fourth-order valence-electron chi connectivity index (χ4n) is 1.76. The molecule has 2 amide bonds. The van der Waals surface area contributed by atoms with Gasteiger partial charge in [0.2, 0.25) is 0 Å². The molecule has 6 nitrogen and oxygen atoms in total. The Kier molecular flexibility index (Phi) is 6.34. The van der Waals surface area contributed by atoms with Gasteiger partial charge in [0.05, 0.1) is 24.0 Å². The van der Waals surface area contributed by atoms with Gasteiger partial charge in [0.1, 0.15) is 5.75 Å². The minimum atomic E-state index is -0.917. The largest absolute Gasteiger partial charge is 0.496 e. The van der Waals surface area contributed by atoms with Gasteiger partial charge in [-0.05, 0) is 30.3 Å². The van der Waals surface area contributed by atoms with Crippen molar-refractivity contribution in [2.45, 2.75) is 0 Å². The number of anilines is 1. The number of carbonyl (C=O) groups excluding carboxylic acids is 2. The normalized spacial score (nSPS) is 10.5. The summed E-state index contributed by atoms with van der Waals surface area (Å²) >= 11 is 9.24. The highest BCUT2D eigenvalue weighted by Crippen LogP contribution is 2.21. The summed E-state index contributed by atoms with van der Waals surface area (Å²) < 4.78 is 6.01. The SMILES string of the molecule is COc1ccc(Br)cc1/C=N\NC(=O)C(=O)Nc1ccccc1Cl. The molecule has 0 spiro atoms. The van der Waals surface area contributed by atoms with Crippen LogP contribution < -0.4 is 15.5 Å². The van der Waals surface area contributed by atoms with E-state index in [4.69, 9.17) is 16.3 Å². The van der Waals surface area contributed by atoms with Gasteiger partial charge in [-0.1, -0.05) is 39.7 Å². The zero-order valence-electron chi connectivity index (χ0n) is 12.5. The maximum Gasteiger partial charge on any atom is 0.329 e. The van der Waals surface area contributed by atoms with E-state index in [1.54, 1.807) is 36.4 Å². The number of hydrazone groups is 1. The van der Waals surface area contributed by atoms with Gasteiger partial charge in [0.25, 0.3) is 0 Å².